The van der Waals surface area contributed by atoms with Crippen molar-refractivity contribution in [3.63, 3.8) is 0 Å². The maximum Gasteiger partial charge on any atom is 0.387 e. The summed E-state index contributed by atoms with van der Waals surface area (Å²) in [5.41, 5.74) is 0.515. The first-order chi connectivity index (χ1) is 7.74. The van der Waals surface area contributed by atoms with Crippen molar-refractivity contribution in [2.45, 2.75) is 19.5 Å². The SMILES string of the molecule is N#CCCCNc1ccccc1OC(F)F. The number of anilines is 1. The number of unbranched alkanes of at least 4 members (excludes halogenated alkanes) is 1. The highest BCUT2D eigenvalue weighted by molar-refractivity contribution is 5.56. The van der Waals surface area contributed by atoms with E-state index < -0.39 is 6.61 Å². The summed E-state index contributed by atoms with van der Waals surface area (Å²) >= 11 is 0. The molecule has 3 nitrogen and oxygen atoms in total. The van der Waals surface area contributed by atoms with Gasteiger partial charge in [0.1, 0.15) is 5.75 Å². The minimum atomic E-state index is -2.83. The predicted octanol–water partition coefficient (Wildman–Crippen LogP) is 3.00. The lowest BCUT2D eigenvalue weighted by Crippen LogP contribution is -2.07. The molecule has 0 saturated carbocycles. The molecule has 1 aromatic rings. The highest BCUT2D eigenvalue weighted by atomic mass is 19.3. The molecule has 86 valence electrons. The van der Waals surface area contributed by atoms with Crippen molar-refractivity contribution < 1.29 is 13.5 Å². The maximum absolute atomic E-state index is 12.1. The third-order valence-corrected chi connectivity index (χ3v) is 1.88. The molecule has 0 spiro atoms. The molecule has 0 heterocycles. The fourth-order valence-corrected chi connectivity index (χ4v) is 1.20. The average Bonchev–Trinajstić information content (AvgIpc) is 2.26. The van der Waals surface area contributed by atoms with E-state index in [4.69, 9.17) is 5.26 Å². The third-order valence-electron chi connectivity index (χ3n) is 1.88. The molecule has 1 N–H and O–H groups in total. The maximum atomic E-state index is 12.1. The number of ether oxygens (including phenoxy) is 1. The van der Waals surface area contributed by atoms with Crippen LogP contribution in [0.5, 0.6) is 5.75 Å². The van der Waals surface area contributed by atoms with Gasteiger partial charge in [-0.2, -0.15) is 14.0 Å². The number of hydrogen-bond acceptors (Lipinski definition) is 3. The molecule has 16 heavy (non-hydrogen) atoms. The summed E-state index contributed by atoms with van der Waals surface area (Å²) in [6.07, 6.45) is 1.10. The number of para-hydroxylation sites is 2. The van der Waals surface area contributed by atoms with Gasteiger partial charge in [0.05, 0.1) is 11.8 Å². The van der Waals surface area contributed by atoms with Gasteiger partial charge in [-0.1, -0.05) is 12.1 Å². The van der Waals surface area contributed by atoms with Crippen LogP contribution < -0.4 is 10.1 Å². The number of alkyl halides is 2. The van der Waals surface area contributed by atoms with E-state index in [2.05, 4.69) is 10.1 Å². The summed E-state index contributed by atoms with van der Waals surface area (Å²) in [5.74, 6) is 0.120. The molecule has 0 aromatic heterocycles. The molecular formula is C11H12F2N2O. The van der Waals surface area contributed by atoms with Crippen LogP contribution in [0.1, 0.15) is 12.8 Å². The molecule has 0 unspecified atom stereocenters. The predicted molar refractivity (Wildman–Crippen MR) is 56.4 cm³/mol. The summed E-state index contributed by atoms with van der Waals surface area (Å²) in [6.45, 7) is -2.28. The summed E-state index contributed by atoms with van der Waals surface area (Å²) in [4.78, 5) is 0. The summed E-state index contributed by atoms with van der Waals surface area (Å²) in [5, 5.41) is 11.3. The molecule has 1 aromatic carbocycles. The van der Waals surface area contributed by atoms with Crippen molar-refractivity contribution in [2.75, 3.05) is 11.9 Å². The van der Waals surface area contributed by atoms with Crippen molar-refractivity contribution in [3.8, 4) is 11.8 Å². The Morgan fingerprint density at radius 2 is 2.12 bits per heavy atom. The monoisotopic (exact) mass is 226 g/mol. The van der Waals surface area contributed by atoms with E-state index in [1.165, 1.54) is 6.07 Å². The standard InChI is InChI=1S/C11H12F2N2O/c12-11(13)16-10-6-2-1-5-9(10)15-8-4-3-7-14/h1-2,5-6,11,15H,3-4,8H2. The van der Waals surface area contributed by atoms with E-state index >= 15 is 0 Å². The third kappa shape index (κ3) is 4.13. The first kappa shape index (κ1) is 12.2. The summed E-state index contributed by atoms with van der Waals surface area (Å²) in [6, 6.07) is 8.49. The first-order valence-electron chi connectivity index (χ1n) is 4.88. The van der Waals surface area contributed by atoms with Crippen LogP contribution in [0, 0.1) is 11.3 Å². The molecule has 0 amide bonds. The first-order valence-corrected chi connectivity index (χ1v) is 4.88. The second-order valence-corrected chi connectivity index (χ2v) is 3.06. The van der Waals surface area contributed by atoms with Gasteiger partial charge >= 0.3 is 6.61 Å². The van der Waals surface area contributed by atoms with Gasteiger partial charge in [-0.3, -0.25) is 0 Å². The highest BCUT2D eigenvalue weighted by Crippen LogP contribution is 2.25. The van der Waals surface area contributed by atoms with Gasteiger partial charge in [0.15, 0.2) is 0 Å². The molecule has 0 fully saturated rings. The van der Waals surface area contributed by atoms with Crippen molar-refractivity contribution in [3.05, 3.63) is 24.3 Å². The second kappa shape index (κ2) is 6.62. The Labute approximate surface area is 92.6 Å². The van der Waals surface area contributed by atoms with E-state index in [0.29, 0.717) is 25.1 Å². The Balaban J connectivity index is 2.54. The minimum absolute atomic E-state index is 0.120. The van der Waals surface area contributed by atoms with Crippen LogP contribution in [-0.4, -0.2) is 13.2 Å². The second-order valence-electron chi connectivity index (χ2n) is 3.06. The van der Waals surface area contributed by atoms with Gasteiger partial charge in [0.25, 0.3) is 0 Å². The van der Waals surface area contributed by atoms with Crippen molar-refractivity contribution in [1.82, 2.24) is 0 Å². The van der Waals surface area contributed by atoms with E-state index in [1.807, 2.05) is 6.07 Å². The fourth-order valence-electron chi connectivity index (χ4n) is 1.20. The van der Waals surface area contributed by atoms with Gasteiger partial charge in [0, 0.05) is 13.0 Å². The molecule has 0 atom stereocenters. The summed E-state index contributed by atoms with van der Waals surface area (Å²) < 4.78 is 28.4. The van der Waals surface area contributed by atoms with Crippen LogP contribution in [0.4, 0.5) is 14.5 Å². The number of hydrogen-bond donors (Lipinski definition) is 1. The Morgan fingerprint density at radius 3 is 2.81 bits per heavy atom. The normalized spacial score (nSPS) is 9.88. The van der Waals surface area contributed by atoms with E-state index in [9.17, 15) is 8.78 Å². The average molecular weight is 226 g/mol. The Bertz CT molecular complexity index is 363. The van der Waals surface area contributed by atoms with Crippen molar-refractivity contribution >= 4 is 5.69 Å². The molecule has 5 heteroatoms. The van der Waals surface area contributed by atoms with Crippen LogP contribution in [-0.2, 0) is 0 Å². The topological polar surface area (TPSA) is 45.0 Å². The van der Waals surface area contributed by atoms with Crippen LogP contribution in [0.3, 0.4) is 0 Å². The zero-order chi connectivity index (χ0) is 11.8. The van der Waals surface area contributed by atoms with E-state index in [-0.39, 0.29) is 5.75 Å². The largest absolute Gasteiger partial charge is 0.433 e. The highest BCUT2D eigenvalue weighted by Gasteiger charge is 2.07. The minimum Gasteiger partial charge on any atom is -0.433 e. The molecule has 0 aliphatic rings. The number of nitriles is 1. The molecule has 0 aliphatic heterocycles. The van der Waals surface area contributed by atoms with Crippen LogP contribution in [0.15, 0.2) is 24.3 Å². The lowest BCUT2D eigenvalue weighted by atomic mass is 10.2. The van der Waals surface area contributed by atoms with Gasteiger partial charge in [0.2, 0.25) is 0 Å². The Kier molecular flexibility index (Phi) is 5.06. The van der Waals surface area contributed by atoms with E-state index in [1.54, 1.807) is 18.2 Å². The molecule has 0 radical (unpaired) electrons. The fraction of sp³-hybridized carbons (Fsp3) is 0.364. The molecule has 1 rings (SSSR count). The molecule has 0 bridgehead atoms. The molecule has 0 saturated heterocycles. The van der Waals surface area contributed by atoms with Crippen molar-refractivity contribution in [1.29, 1.82) is 5.26 Å². The smallest absolute Gasteiger partial charge is 0.387 e. The summed E-state index contributed by atoms with van der Waals surface area (Å²) in [7, 11) is 0. The zero-order valence-electron chi connectivity index (χ0n) is 8.62. The van der Waals surface area contributed by atoms with Gasteiger partial charge in [-0.25, -0.2) is 0 Å². The van der Waals surface area contributed by atoms with E-state index in [0.717, 1.165) is 0 Å². The quantitative estimate of drug-likeness (QED) is 0.758. The number of nitrogens with one attached hydrogen (secondary N) is 1. The Morgan fingerprint density at radius 1 is 1.38 bits per heavy atom. The Hall–Kier alpha value is -1.83. The molecule has 0 aliphatic carbocycles. The lowest BCUT2D eigenvalue weighted by Gasteiger charge is -2.11. The van der Waals surface area contributed by atoms with Crippen LogP contribution >= 0.6 is 0 Å². The number of nitrogens with zero attached hydrogens (tertiary/aromatic N) is 1. The number of rotatable bonds is 6. The van der Waals surface area contributed by atoms with Crippen LogP contribution in [0.25, 0.3) is 0 Å². The molecular weight excluding hydrogens is 214 g/mol. The van der Waals surface area contributed by atoms with Gasteiger partial charge < -0.3 is 10.1 Å². The van der Waals surface area contributed by atoms with Crippen molar-refractivity contribution in [2.24, 2.45) is 0 Å². The number of halogens is 2. The number of benzene rings is 1. The lowest BCUT2D eigenvalue weighted by molar-refractivity contribution is -0.0493. The zero-order valence-corrected chi connectivity index (χ0v) is 8.62. The van der Waals surface area contributed by atoms with Crippen LogP contribution in [0.2, 0.25) is 0 Å². The van der Waals surface area contributed by atoms with Gasteiger partial charge in [-0.05, 0) is 18.6 Å². The van der Waals surface area contributed by atoms with Gasteiger partial charge in [-0.15, -0.1) is 0 Å².